The third kappa shape index (κ3) is 2.48. The van der Waals surface area contributed by atoms with E-state index in [1.54, 1.807) is 0 Å². The normalized spacial score (nSPS) is 12.6. The Morgan fingerprint density at radius 3 is 2.38 bits per heavy atom. The first kappa shape index (κ1) is 10.1. The van der Waals surface area contributed by atoms with Gasteiger partial charge in [-0.05, 0) is 43.9 Å². The quantitative estimate of drug-likeness (QED) is 0.668. The Hall–Kier alpha value is -0.980. The molecule has 1 rings (SSSR count). The molecule has 72 valence electrons. The average Bonchev–Trinajstić information content (AvgIpc) is 2.31. The maximum absolute atomic E-state index is 5.61. The molecule has 0 bridgehead atoms. The third-order valence-electron chi connectivity index (χ3n) is 2.14. The van der Waals surface area contributed by atoms with Gasteiger partial charge in [0.1, 0.15) is 11.5 Å². The van der Waals surface area contributed by atoms with Gasteiger partial charge < -0.3 is 4.42 Å². The lowest BCUT2D eigenvalue weighted by Crippen LogP contribution is -1.81. The zero-order valence-electron chi connectivity index (χ0n) is 9.14. The number of aryl methyl sites for hydroxylation is 2. The Bertz CT molecular complexity index is 296. The minimum absolute atomic E-state index is 0.575. The van der Waals surface area contributed by atoms with Gasteiger partial charge in [0.25, 0.3) is 0 Å². The molecular formula is C12H18O. The first-order valence-corrected chi connectivity index (χ1v) is 4.76. The Morgan fingerprint density at radius 1 is 1.38 bits per heavy atom. The van der Waals surface area contributed by atoms with Crippen molar-refractivity contribution in [2.75, 3.05) is 0 Å². The van der Waals surface area contributed by atoms with Gasteiger partial charge in [0, 0.05) is 0 Å². The van der Waals surface area contributed by atoms with Crippen LogP contribution in [-0.4, -0.2) is 0 Å². The van der Waals surface area contributed by atoms with E-state index in [1.807, 2.05) is 6.92 Å². The Morgan fingerprint density at radius 2 is 2.00 bits per heavy atom. The summed E-state index contributed by atoms with van der Waals surface area (Å²) in [4.78, 5) is 0. The maximum atomic E-state index is 5.61. The molecule has 0 unspecified atom stereocenters. The predicted molar refractivity (Wildman–Crippen MR) is 56.7 cm³/mol. The molecule has 1 nitrogen and oxygen atoms in total. The fourth-order valence-electron chi connectivity index (χ4n) is 1.35. The second-order valence-electron chi connectivity index (χ2n) is 3.94. The van der Waals surface area contributed by atoms with Crippen LogP contribution in [0.3, 0.4) is 0 Å². The number of hydrogen-bond acceptors (Lipinski definition) is 1. The molecule has 0 N–H and O–H groups in total. The first-order valence-electron chi connectivity index (χ1n) is 4.76. The fourth-order valence-corrected chi connectivity index (χ4v) is 1.35. The van der Waals surface area contributed by atoms with Crippen LogP contribution in [-0.2, 0) is 0 Å². The summed E-state index contributed by atoms with van der Waals surface area (Å²) < 4.78 is 5.61. The summed E-state index contributed by atoms with van der Waals surface area (Å²) in [5.74, 6) is 2.60. The number of allylic oxidation sites excluding steroid dienone is 2. The van der Waals surface area contributed by atoms with E-state index in [0.29, 0.717) is 5.92 Å². The van der Waals surface area contributed by atoms with Crippen LogP contribution >= 0.6 is 0 Å². The summed E-state index contributed by atoms with van der Waals surface area (Å²) in [5, 5.41) is 0. The lowest BCUT2D eigenvalue weighted by Gasteiger charge is -1.98. The molecule has 1 heterocycles. The minimum Gasteiger partial charge on any atom is -0.461 e. The molecule has 0 aliphatic rings. The molecule has 0 aliphatic heterocycles. The highest BCUT2D eigenvalue weighted by atomic mass is 16.3. The van der Waals surface area contributed by atoms with Crippen molar-refractivity contribution in [2.24, 2.45) is 5.92 Å². The minimum atomic E-state index is 0.575. The number of hydrogen-bond donors (Lipinski definition) is 0. The van der Waals surface area contributed by atoms with Crippen molar-refractivity contribution in [1.29, 1.82) is 0 Å². The first-order chi connectivity index (χ1) is 6.00. The zero-order chi connectivity index (χ0) is 10.0. The monoisotopic (exact) mass is 178 g/mol. The number of furan rings is 1. The summed E-state index contributed by atoms with van der Waals surface area (Å²) >= 11 is 0. The van der Waals surface area contributed by atoms with Gasteiger partial charge in [0.2, 0.25) is 0 Å². The number of rotatable bonds is 2. The molecule has 0 spiro atoms. The van der Waals surface area contributed by atoms with Crippen molar-refractivity contribution < 1.29 is 4.42 Å². The SMILES string of the molecule is C/C(=C\C(C)C)c1cc(C)c(C)o1. The van der Waals surface area contributed by atoms with Crippen molar-refractivity contribution in [1.82, 2.24) is 0 Å². The highest BCUT2D eigenvalue weighted by Crippen LogP contribution is 2.21. The summed E-state index contributed by atoms with van der Waals surface area (Å²) in [7, 11) is 0. The van der Waals surface area contributed by atoms with Gasteiger partial charge in [0.05, 0.1) is 0 Å². The van der Waals surface area contributed by atoms with Crippen molar-refractivity contribution >= 4 is 5.57 Å². The lowest BCUT2D eigenvalue weighted by atomic mass is 10.1. The molecule has 0 radical (unpaired) electrons. The highest BCUT2D eigenvalue weighted by Gasteiger charge is 2.04. The second-order valence-corrected chi connectivity index (χ2v) is 3.94. The van der Waals surface area contributed by atoms with Crippen LogP contribution in [0.4, 0.5) is 0 Å². The van der Waals surface area contributed by atoms with E-state index in [0.717, 1.165) is 11.5 Å². The fraction of sp³-hybridized carbons (Fsp3) is 0.500. The van der Waals surface area contributed by atoms with Gasteiger partial charge >= 0.3 is 0 Å². The highest BCUT2D eigenvalue weighted by molar-refractivity contribution is 5.60. The van der Waals surface area contributed by atoms with E-state index in [2.05, 4.69) is 39.8 Å². The van der Waals surface area contributed by atoms with Crippen LogP contribution < -0.4 is 0 Å². The van der Waals surface area contributed by atoms with Gasteiger partial charge in [-0.25, -0.2) is 0 Å². The molecular weight excluding hydrogens is 160 g/mol. The van der Waals surface area contributed by atoms with Crippen LogP contribution in [0.25, 0.3) is 5.57 Å². The molecule has 0 aromatic carbocycles. The standard InChI is InChI=1S/C12H18O/c1-8(2)6-10(4)12-7-9(3)11(5)13-12/h6-8H,1-5H3/b10-6+. The Labute approximate surface area is 80.5 Å². The van der Waals surface area contributed by atoms with Gasteiger partial charge in [-0.1, -0.05) is 19.9 Å². The van der Waals surface area contributed by atoms with E-state index in [4.69, 9.17) is 4.42 Å². The third-order valence-corrected chi connectivity index (χ3v) is 2.14. The predicted octanol–water partition coefficient (Wildman–Crippen LogP) is 3.96. The van der Waals surface area contributed by atoms with E-state index >= 15 is 0 Å². The average molecular weight is 178 g/mol. The van der Waals surface area contributed by atoms with E-state index in [9.17, 15) is 0 Å². The van der Waals surface area contributed by atoms with Gasteiger partial charge in [0.15, 0.2) is 0 Å². The van der Waals surface area contributed by atoms with Crippen LogP contribution in [0.2, 0.25) is 0 Å². The second kappa shape index (κ2) is 3.82. The smallest absolute Gasteiger partial charge is 0.129 e. The van der Waals surface area contributed by atoms with E-state index in [-0.39, 0.29) is 0 Å². The summed E-state index contributed by atoms with van der Waals surface area (Å²) in [6.45, 7) is 10.5. The molecule has 1 heteroatoms. The molecule has 1 aromatic rings. The Kier molecular flexibility index (Phi) is 2.97. The van der Waals surface area contributed by atoms with Crippen molar-refractivity contribution in [3.8, 4) is 0 Å². The largest absolute Gasteiger partial charge is 0.461 e. The zero-order valence-corrected chi connectivity index (χ0v) is 9.14. The van der Waals surface area contributed by atoms with Crippen molar-refractivity contribution in [3.05, 3.63) is 29.2 Å². The van der Waals surface area contributed by atoms with Crippen LogP contribution in [0.5, 0.6) is 0 Å². The van der Waals surface area contributed by atoms with Crippen LogP contribution in [0, 0.1) is 19.8 Å². The van der Waals surface area contributed by atoms with Crippen molar-refractivity contribution in [2.45, 2.75) is 34.6 Å². The van der Waals surface area contributed by atoms with Gasteiger partial charge in [-0.3, -0.25) is 0 Å². The lowest BCUT2D eigenvalue weighted by molar-refractivity contribution is 0.518. The molecule has 0 aliphatic carbocycles. The molecule has 1 aromatic heterocycles. The molecule has 13 heavy (non-hydrogen) atoms. The summed E-state index contributed by atoms with van der Waals surface area (Å²) in [6.07, 6.45) is 2.22. The van der Waals surface area contributed by atoms with E-state index in [1.165, 1.54) is 11.1 Å². The molecule has 0 atom stereocenters. The molecule has 0 fully saturated rings. The summed E-state index contributed by atoms with van der Waals surface area (Å²) in [6, 6.07) is 2.10. The molecule has 0 amide bonds. The van der Waals surface area contributed by atoms with Gasteiger partial charge in [-0.15, -0.1) is 0 Å². The van der Waals surface area contributed by atoms with E-state index < -0.39 is 0 Å². The van der Waals surface area contributed by atoms with Crippen LogP contribution in [0.1, 0.15) is 37.9 Å². The maximum Gasteiger partial charge on any atom is 0.129 e. The molecule has 0 saturated heterocycles. The summed E-state index contributed by atoms with van der Waals surface area (Å²) in [5.41, 5.74) is 2.46. The molecule has 0 saturated carbocycles. The topological polar surface area (TPSA) is 13.1 Å². The Balaban J connectivity index is 2.95. The van der Waals surface area contributed by atoms with Crippen molar-refractivity contribution in [3.63, 3.8) is 0 Å². The van der Waals surface area contributed by atoms with Gasteiger partial charge in [-0.2, -0.15) is 0 Å². The van der Waals surface area contributed by atoms with Crippen LogP contribution in [0.15, 0.2) is 16.6 Å².